The summed E-state index contributed by atoms with van der Waals surface area (Å²) in [6, 6.07) is 13.8. The third-order valence-electron chi connectivity index (χ3n) is 5.02. The highest BCUT2D eigenvalue weighted by molar-refractivity contribution is 7.13. The monoisotopic (exact) mass is 426 g/mol. The summed E-state index contributed by atoms with van der Waals surface area (Å²) in [4.78, 5) is 15.8. The molecule has 6 nitrogen and oxygen atoms in total. The lowest BCUT2D eigenvalue weighted by molar-refractivity contribution is -0.125. The second-order valence-corrected chi connectivity index (χ2v) is 8.08. The number of amides is 1. The Morgan fingerprint density at radius 2 is 2.07 bits per heavy atom. The van der Waals surface area contributed by atoms with Gasteiger partial charge in [-0.3, -0.25) is 4.79 Å². The Morgan fingerprint density at radius 3 is 2.80 bits per heavy atom. The van der Waals surface area contributed by atoms with Crippen LogP contribution in [0.3, 0.4) is 0 Å². The minimum absolute atomic E-state index is 0.0190. The predicted octanol–water partition coefficient (Wildman–Crippen LogP) is 3.76. The van der Waals surface area contributed by atoms with E-state index in [1.165, 1.54) is 12.1 Å². The number of carbonyl (C=O) groups excluding carboxylic acids is 1. The van der Waals surface area contributed by atoms with Crippen LogP contribution in [-0.2, 0) is 4.79 Å². The van der Waals surface area contributed by atoms with Crippen LogP contribution in [0.5, 0.6) is 5.75 Å². The quantitative estimate of drug-likeness (QED) is 0.583. The van der Waals surface area contributed by atoms with Crippen LogP contribution >= 0.6 is 11.3 Å². The number of anilines is 1. The van der Waals surface area contributed by atoms with E-state index in [-0.39, 0.29) is 17.6 Å². The summed E-state index contributed by atoms with van der Waals surface area (Å²) >= 11 is 1.63. The van der Waals surface area contributed by atoms with Gasteiger partial charge in [0.2, 0.25) is 5.91 Å². The van der Waals surface area contributed by atoms with Crippen LogP contribution in [0.2, 0.25) is 0 Å². The van der Waals surface area contributed by atoms with Crippen molar-refractivity contribution in [3.05, 3.63) is 59.7 Å². The first-order valence-corrected chi connectivity index (χ1v) is 10.9. The van der Waals surface area contributed by atoms with Gasteiger partial charge < -0.3 is 15.0 Å². The molecule has 1 atom stereocenters. The highest BCUT2D eigenvalue weighted by atomic mass is 32.1. The van der Waals surface area contributed by atoms with Gasteiger partial charge in [0.15, 0.2) is 5.82 Å². The van der Waals surface area contributed by atoms with Gasteiger partial charge in [0.05, 0.1) is 17.3 Å². The van der Waals surface area contributed by atoms with Crippen LogP contribution in [0.1, 0.15) is 12.8 Å². The van der Waals surface area contributed by atoms with E-state index < -0.39 is 0 Å². The van der Waals surface area contributed by atoms with Crippen LogP contribution in [0.25, 0.3) is 10.6 Å². The molecular weight excluding hydrogens is 403 g/mol. The summed E-state index contributed by atoms with van der Waals surface area (Å²) < 4.78 is 18.4. The zero-order valence-electron chi connectivity index (χ0n) is 16.5. The Bertz CT molecular complexity index is 948. The molecule has 1 aliphatic heterocycles. The van der Waals surface area contributed by atoms with Crippen LogP contribution in [0.15, 0.2) is 53.9 Å². The number of aromatic nitrogens is 2. The fraction of sp³-hybridized carbons (Fsp3) is 0.318. The molecule has 0 bridgehead atoms. The zero-order valence-corrected chi connectivity index (χ0v) is 17.3. The Hall–Kier alpha value is -3.00. The summed E-state index contributed by atoms with van der Waals surface area (Å²) in [5.41, 5.74) is 0.862. The predicted molar refractivity (Wildman–Crippen MR) is 115 cm³/mol. The SMILES string of the molecule is O=C(NCCOc1ccc(F)cc1)[C@@H]1CCCN(c2ccc(-c3cccs3)nn2)C1. The molecule has 0 radical (unpaired) electrons. The molecular formula is C22H23FN4O2S. The minimum Gasteiger partial charge on any atom is -0.492 e. The molecule has 2 aromatic heterocycles. The Kier molecular flexibility index (Phi) is 6.53. The number of hydrogen-bond acceptors (Lipinski definition) is 6. The van der Waals surface area contributed by atoms with Gasteiger partial charge in [0, 0.05) is 13.1 Å². The zero-order chi connectivity index (χ0) is 20.8. The molecule has 1 N–H and O–H groups in total. The number of ether oxygens (including phenoxy) is 1. The number of nitrogens with one attached hydrogen (secondary N) is 1. The van der Waals surface area contributed by atoms with Crippen molar-refractivity contribution in [3.63, 3.8) is 0 Å². The first-order valence-electron chi connectivity index (χ1n) is 9.98. The molecule has 0 saturated carbocycles. The van der Waals surface area contributed by atoms with Crippen LogP contribution in [-0.4, -0.2) is 42.3 Å². The van der Waals surface area contributed by atoms with Crippen molar-refractivity contribution in [3.8, 4) is 16.3 Å². The Morgan fingerprint density at radius 1 is 1.20 bits per heavy atom. The molecule has 156 valence electrons. The van der Waals surface area contributed by atoms with Gasteiger partial charge in [-0.25, -0.2) is 4.39 Å². The number of benzene rings is 1. The molecule has 3 heterocycles. The largest absolute Gasteiger partial charge is 0.492 e. The molecule has 0 aliphatic carbocycles. The van der Waals surface area contributed by atoms with Crippen molar-refractivity contribution < 1.29 is 13.9 Å². The molecule has 0 spiro atoms. The van der Waals surface area contributed by atoms with Gasteiger partial charge in [-0.05, 0) is 60.7 Å². The van der Waals surface area contributed by atoms with E-state index in [1.54, 1.807) is 23.5 Å². The second kappa shape index (κ2) is 9.67. The average Bonchev–Trinajstić information content (AvgIpc) is 3.33. The van der Waals surface area contributed by atoms with Crippen molar-refractivity contribution in [1.82, 2.24) is 15.5 Å². The number of rotatable bonds is 7. The summed E-state index contributed by atoms with van der Waals surface area (Å²) in [7, 11) is 0. The van der Waals surface area contributed by atoms with Gasteiger partial charge >= 0.3 is 0 Å². The van der Waals surface area contributed by atoms with Crippen LogP contribution < -0.4 is 15.0 Å². The smallest absolute Gasteiger partial charge is 0.225 e. The average molecular weight is 427 g/mol. The highest BCUT2D eigenvalue weighted by Crippen LogP contribution is 2.25. The molecule has 8 heteroatoms. The number of hydrogen-bond donors (Lipinski definition) is 1. The van der Waals surface area contributed by atoms with E-state index in [4.69, 9.17) is 4.74 Å². The summed E-state index contributed by atoms with van der Waals surface area (Å²) in [6.07, 6.45) is 1.78. The van der Waals surface area contributed by atoms with E-state index in [0.717, 1.165) is 35.8 Å². The van der Waals surface area contributed by atoms with E-state index in [9.17, 15) is 9.18 Å². The van der Waals surface area contributed by atoms with Gasteiger partial charge in [-0.15, -0.1) is 21.5 Å². The van der Waals surface area contributed by atoms with Crippen molar-refractivity contribution in [2.24, 2.45) is 5.92 Å². The lowest BCUT2D eigenvalue weighted by Gasteiger charge is -2.32. The fourth-order valence-electron chi connectivity index (χ4n) is 3.47. The first kappa shape index (κ1) is 20.3. The van der Waals surface area contributed by atoms with Crippen LogP contribution in [0, 0.1) is 11.7 Å². The maximum atomic E-state index is 12.9. The number of piperidine rings is 1. The Balaban J connectivity index is 1.25. The first-order chi connectivity index (χ1) is 14.7. The van der Waals surface area contributed by atoms with Crippen molar-refractivity contribution >= 4 is 23.1 Å². The van der Waals surface area contributed by atoms with E-state index >= 15 is 0 Å². The number of nitrogens with zero attached hydrogens (tertiary/aromatic N) is 3. The molecule has 4 rings (SSSR count). The lowest BCUT2D eigenvalue weighted by atomic mass is 9.97. The van der Waals surface area contributed by atoms with Gasteiger partial charge in [-0.1, -0.05) is 6.07 Å². The van der Waals surface area contributed by atoms with Gasteiger partial charge in [0.1, 0.15) is 23.9 Å². The molecule has 3 aromatic rings. The number of thiophene rings is 1. The standard InChI is InChI=1S/C22H23FN4O2S/c23-17-5-7-18(8-6-17)29-13-11-24-22(28)16-3-1-12-27(15-16)21-10-9-19(25-26-21)20-4-2-14-30-20/h2,4-10,14,16H,1,3,11-13,15H2,(H,24,28)/t16-/m1/s1. The molecule has 1 fully saturated rings. The molecule has 1 aliphatic rings. The fourth-order valence-corrected chi connectivity index (χ4v) is 4.16. The van der Waals surface area contributed by atoms with E-state index in [1.807, 2.05) is 29.6 Å². The number of carbonyl (C=O) groups is 1. The van der Waals surface area contributed by atoms with Gasteiger partial charge in [-0.2, -0.15) is 0 Å². The van der Waals surface area contributed by atoms with Crippen molar-refractivity contribution in [2.75, 3.05) is 31.1 Å². The van der Waals surface area contributed by atoms with Crippen molar-refractivity contribution in [1.29, 1.82) is 0 Å². The highest BCUT2D eigenvalue weighted by Gasteiger charge is 2.26. The van der Waals surface area contributed by atoms with E-state index in [0.29, 0.717) is 25.4 Å². The van der Waals surface area contributed by atoms with Crippen molar-refractivity contribution in [2.45, 2.75) is 12.8 Å². The van der Waals surface area contributed by atoms with Gasteiger partial charge in [0.25, 0.3) is 0 Å². The Labute approximate surface area is 178 Å². The third-order valence-corrected chi connectivity index (χ3v) is 5.92. The normalized spacial score (nSPS) is 16.3. The lowest BCUT2D eigenvalue weighted by Crippen LogP contribution is -2.44. The maximum Gasteiger partial charge on any atom is 0.225 e. The molecule has 1 aromatic carbocycles. The molecule has 1 saturated heterocycles. The number of halogens is 1. The summed E-state index contributed by atoms with van der Waals surface area (Å²) in [6.45, 7) is 2.23. The second-order valence-electron chi connectivity index (χ2n) is 7.13. The summed E-state index contributed by atoms with van der Waals surface area (Å²) in [5, 5.41) is 13.7. The maximum absolute atomic E-state index is 12.9. The van der Waals surface area contributed by atoms with E-state index in [2.05, 4.69) is 20.4 Å². The van der Waals surface area contributed by atoms with Crippen LogP contribution in [0.4, 0.5) is 10.2 Å². The minimum atomic E-state index is -0.302. The summed E-state index contributed by atoms with van der Waals surface area (Å²) in [5.74, 6) is 1.00. The topological polar surface area (TPSA) is 67.3 Å². The third kappa shape index (κ3) is 5.13. The molecule has 30 heavy (non-hydrogen) atoms. The molecule has 0 unspecified atom stereocenters. The molecule has 1 amide bonds.